The third-order valence-electron chi connectivity index (χ3n) is 6.37. The van der Waals surface area contributed by atoms with E-state index < -0.39 is 0 Å². The Morgan fingerprint density at radius 2 is 1.76 bits per heavy atom. The Morgan fingerprint density at radius 1 is 1.04 bits per heavy atom. The standard InChI is InChI=1S/C21H29N3O/c25-20-21(24(17-22-20)16-19-9-5-2-6-10-19)11-13-23(14-12-21)15-18-7-3-1-4-8-18/h1,3-4,7-8,17,19H,2,5-6,9-16H2. The highest BCUT2D eigenvalue weighted by atomic mass is 16.2. The van der Waals surface area contributed by atoms with Crippen LogP contribution in [0.4, 0.5) is 0 Å². The molecular formula is C21H29N3O. The topological polar surface area (TPSA) is 35.9 Å². The maximum absolute atomic E-state index is 12.6. The molecule has 0 atom stereocenters. The number of piperidine rings is 1. The maximum Gasteiger partial charge on any atom is 0.273 e. The van der Waals surface area contributed by atoms with Crippen LogP contribution in [0.25, 0.3) is 0 Å². The molecule has 0 unspecified atom stereocenters. The molecule has 1 saturated heterocycles. The van der Waals surface area contributed by atoms with Crippen LogP contribution in [-0.4, -0.2) is 47.2 Å². The second-order valence-electron chi connectivity index (χ2n) is 8.00. The van der Waals surface area contributed by atoms with Crippen LogP contribution in [0.5, 0.6) is 0 Å². The van der Waals surface area contributed by atoms with Crippen LogP contribution in [-0.2, 0) is 11.3 Å². The molecule has 4 heteroatoms. The molecule has 1 aromatic rings. The minimum atomic E-state index is -0.343. The zero-order valence-electron chi connectivity index (χ0n) is 15.1. The van der Waals surface area contributed by atoms with Crippen LogP contribution < -0.4 is 0 Å². The number of hydrogen-bond acceptors (Lipinski definition) is 3. The molecule has 2 fully saturated rings. The number of likely N-dealkylation sites (tertiary alicyclic amines) is 1. The largest absolute Gasteiger partial charge is 0.347 e. The van der Waals surface area contributed by atoms with Gasteiger partial charge in [0.05, 0.1) is 6.34 Å². The molecule has 1 aliphatic carbocycles. The van der Waals surface area contributed by atoms with Crippen LogP contribution in [0.1, 0.15) is 50.5 Å². The third-order valence-corrected chi connectivity index (χ3v) is 6.37. The van der Waals surface area contributed by atoms with Crippen molar-refractivity contribution in [2.45, 2.75) is 57.0 Å². The highest BCUT2D eigenvalue weighted by molar-refractivity contribution is 5.98. The van der Waals surface area contributed by atoms with Crippen molar-refractivity contribution in [3.05, 3.63) is 35.9 Å². The summed E-state index contributed by atoms with van der Waals surface area (Å²) in [5.74, 6) is 0.841. The Labute approximate surface area is 150 Å². The van der Waals surface area contributed by atoms with Gasteiger partial charge in [-0.3, -0.25) is 9.69 Å². The first-order valence-corrected chi connectivity index (χ1v) is 9.88. The second kappa shape index (κ2) is 7.28. The molecule has 0 aromatic heterocycles. The van der Waals surface area contributed by atoms with E-state index in [4.69, 9.17) is 0 Å². The first-order valence-electron chi connectivity index (χ1n) is 9.88. The molecule has 1 aromatic carbocycles. The number of aliphatic imine (C=N–C) groups is 1. The van der Waals surface area contributed by atoms with E-state index in [2.05, 4.69) is 45.1 Å². The summed E-state index contributed by atoms with van der Waals surface area (Å²) in [4.78, 5) is 21.6. The first kappa shape index (κ1) is 16.8. The predicted octanol–water partition coefficient (Wildman–Crippen LogP) is 3.47. The van der Waals surface area contributed by atoms with E-state index >= 15 is 0 Å². The van der Waals surface area contributed by atoms with Gasteiger partial charge >= 0.3 is 0 Å². The van der Waals surface area contributed by atoms with Gasteiger partial charge in [-0.05, 0) is 37.2 Å². The van der Waals surface area contributed by atoms with Crippen molar-refractivity contribution >= 4 is 12.2 Å². The summed E-state index contributed by atoms with van der Waals surface area (Å²) < 4.78 is 0. The van der Waals surface area contributed by atoms with Crippen molar-refractivity contribution in [1.29, 1.82) is 0 Å². The molecule has 4 nitrogen and oxygen atoms in total. The van der Waals surface area contributed by atoms with Gasteiger partial charge in [-0.2, -0.15) is 0 Å². The molecule has 4 rings (SSSR count). The third kappa shape index (κ3) is 3.50. The van der Waals surface area contributed by atoms with Gasteiger partial charge in [0.15, 0.2) is 0 Å². The van der Waals surface area contributed by atoms with Crippen LogP contribution in [0.15, 0.2) is 35.3 Å². The van der Waals surface area contributed by atoms with Crippen molar-refractivity contribution in [2.75, 3.05) is 19.6 Å². The van der Waals surface area contributed by atoms with Gasteiger partial charge in [-0.15, -0.1) is 0 Å². The van der Waals surface area contributed by atoms with E-state index in [0.29, 0.717) is 0 Å². The number of carbonyl (C=O) groups is 1. The Morgan fingerprint density at radius 3 is 2.48 bits per heavy atom. The van der Waals surface area contributed by atoms with E-state index in [9.17, 15) is 4.79 Å². The van der Waals surface area contributed by atoms with Crippen LogP contribution in [0.2, 0.25) is 0 Å². The summed E-state index contributed by atoms with van der Waals surface area (Å²) in [6, 6.07) is 10.6. The number of hydrogen-bond donors (Lipinski definition) is 0. The van der Waals surface area contributed by atoms with Gasteiger partial charge in [0.1, 0.15) is 5.54 Å². The lowest BCUT2D eigenvalue weighted by atomic mass is 9.83. The molecule has 2 aliphatic heterocycles. The fourth-order valence-corrected chi connectivity index (χ4v) is 4.77. The number of carbonyl (C=O) groups excluding carboxylic acids is 1. The minimum absolute atomic E-state index is 0.0997. The summed E-state index contributed by atoms with van der Waals surface area (Å²) in [5, 5.41) is 0. The average molecular weight is 339 g/mol. The quantitative estimate of drug-likeness (QED) is 0.843. The van der Waals surface area contributed by atoms with E-state index in [1.807, 2.05) is 6.34 Å². The molecule has 0 radical (unpaired) electrons. The lowest BCUT2D eigenvalue weighted by Crippen LogP contribution is -2.57. The zero-order chi connectivity index (χ0) is 17.1. The van der Waals surface area contributed by atoms with Gasteiger partial charge < -0.3 is 4.90 Å². The highest BCUT2D eigenvalue weighted by Crippen LogP contribution is 2.35. The fraction of sp³-hybridized carbons (Fsp3) is 0.619. The Balaban J connectivity index is 1.38. The van der Waals surface area contributed by atoms with Crippen LogP contribution in [0.3, 0.4) is 0 Å². The Hall–Kier alpha value is -1.68. The summed E-state index contributed by atoms with van der Waals surface area (Å²) in [7, 11) is 0. The van der Waals surface area contributed by atoms with Gasteiger partial charge in [-0.1, -0.05) is 49.6 Å². The Kier molecular flexibility index (Phi) is 4.89. The number of nitrogens with zero attached hydrogens (tertiary/aromatic N) is 3. The summed E-state index contributed by atoms with van der Waals surface area (Å²) >= 11 is 0. The van der Waals surface area contributed by atoms with Gasteiger partial charge in [-0.25, -0.2) is 4.99 Å². The van der Waals surface area contributed by atoms with Crippen LogP contribution in [0, 0.1) is 5.92 Å². The lowest BCUT2D eigenvalue weighted by Gasteiger charge is -2.44. The molecule has 1 spiro atoms. The lowest BCUT2D eigenvalue weighted by molar-refractivity contribution is -0.128. The number of amides is 1. The van der Waals surface area contributed by atoms with Crippen molar-refractivity contribution in [1.82, 2.24) is 9.80 Å². The summed E-state index contributed by atoms with van der Waals surface area (Å²) in [6.07, 6.45) is 10.4. The summed E-state index contributed by atoms with van der Waals surface area (Å²) in [5.41, 5.74) is 1.01. The molecule has 25 heavy (non-hydrogen) atoms. The number of rotatable bonds is 4. The fourth-order valence-electron chi connectivity index (χ4n) is 4.77. The monoisotopic (exact) mass is 339 g/mol. The molecule has 0 N–H and O–H groups in total. The van der Waals surface area contributed by atoms with Gasteiger partial charge in [0, 0.05) is 26.2 Å². The molecule has 1 saturated carbocycles. The summed E-state index contributed by atoms with van der Waals surface area (Å²) in [6.45, 7) is 3.96. The second-order valence-corrected chi connectivity index (χ2v) is 8.00. The van der Waals surface area contributed by atoms with Gasteiger partial charge in [0.2, 0.25) is 0 Å². The minimum Gasteiger partial charge on any atom is -0.347 e. The van der Waals surface area contributed by atoms with Gasteiger partial charge in [0.25, 0.3) is 5.91 Å². The van der Waals surface area contributed by atoms with E-state index in [-0.39, 0.29) is 11.4 Å². The molecule has 0 bridgehead atoms. The van der Waals surface area contributed by atoms with E-state index in [1.165, 1.54) is 37.7 Å². The van der Waals surface area contributed by atoms with Crippen LogP contribution >= 0.6 is 0 Å². The van der Waals surface area contributed by atoms with Crippen molar-refractivity contribution in [2.24, 2.45) is 10.9 Å². The predicted molar refractivity (Wildman–Crippen MR) is 100 cm³/mol. The average Bonchev–Trinajstić information content (AvgIpc) is 2.95. The highest BCUT2D eigenvalue weighted by Gasteiger charge is 2.48. The molecule has 3 aliphatic rings. The molecule has 134 valence electrons. The molecule has 2 heterocycles. The first-order chi connectivity index (χ1) is 12.3. The van der Waals surface area contributed by atoms with Crippen molar-refractivity contribution in [3.63, 3.8) is 0 Å². The van der Waals surface area contributed by atoms with E-state index in [0.717, 1.165) is 44.9 Å². The number of benzene rings is 1. The van der Waals surface area contributed by atoms with Crippen molar-refractivity contribution < 1.29 is 4.79 Å². The molecular weight excluding hydrogens is 310 g/mol. The van der Waals surface area contributed by atoms with Crippen molar-refractivity contribution in [3.8, 4) is 0 Å². The maximum atomic E-state index is 12.6. The van der Waals surface area contributed by atoms with E-state index in [1.54, 1.807) is 0 Å². The smallest absolute Gasteiger partial charge is 0.273 e. The molecule has 1 amide bonds. The Bertz CT molecular complexity index is 613. The normalized spacial score (nSPS) is 24.3. The zero-order valence-corrected chi connectivity index (χ0v) is 15.1. The SMILES string of the molecule is O=C1N=CN(CC2CCCCC2)C12CCN(Cc1ccccc1)CC2.